The number of amides is 3. The van der Waals surface area contributed by atoms with Crippen molar-refractivity contribution in [3.63, 3.8) is 0 Å². The van der Waals surface area contributed by atoms with Crippen LogP contribution in [0.4, 0.5) is 11.4 Å². The van der Waals surface area contributed by atoms with Crippen LogP contribution < -0.4 is 16.0 Å². The third kappa shape index (κ3) is 6.67. The summed E-state index contributed by atoms with van der Waals surface area (Å²) in [4.78, 5) is 36.4. The Morgan fingerprint density at radius 2 is 1.76 bits per heavy atom. The molecule has 0 spiro atoms. The highest BCUT2D eigenvalue weighted by atomic mass is 35.5. The molecule has 9 nitrogen and oxygen atoms in total. The number of hydrogen-bond acceptors (Lipinski definition) is 6. The van der Waals surface area contributed by atoms with Gasteiger partial charge in [0.25, 0.3) is 11.8 Å². The third-order valence-electron chi connectivity index (χ3n) is 4.41. The summed E-state index contributed by atoms with van der Waals surface area (Å²) in [6, 6.07) is 13.3. The quantitative estimate of drug-likeness (QED) is 0.444. The van der Waals surface area contributed by atoms with Gasteiger partial charge in [0.05, 0.1) is 21.9 Å². The first-order valence-electron chi connectivity index (χ1n) is 9.66. The van der Waals surface area contributed by atoms with Crippen LogP contribution in [0.15, 0.2) is 70.2 Å². The van der Waals surface area contributed by atoms with Gasteiger partial charge in [0.15, 0.2) is 15.6 Å². The van der Waals surface area contributed by atoms with Crippen LogP contribution in [0.25, 0.3) is 0 Å². The topological polar surface area (TPSA) is 135 Å². The average Bonchev–Trinajstić information content (AvgIpc) is 3.30. The summed E-state index contributed by atoms with van der Waals surface area (Å²) in [7, 11) is -3.45. The van der Waals surface area contributed by atoms with Crippen molar-refractivity contribution in [2.45, 2.75) is 11.3 Å². The first kappa shape index (κ1) is 24.0. The van der Waals surface area contributed by atoms with Crippen LogP contribution in [-0.2, 0) is 14.6 Å². The molecule has 0 saturated carbocycles. The zero-order chi connectivity index (χ0) is 24.0. The van der Waals surface area contributed by atoms with Crippen LogP contribution in [0.3, 0.4) is 0 Å². The van der Waals surface area contributed by atoms with E-state index in [-0.39, 0.29) is 45.8 Å². The molecule has 0 saturated heterocycles. The highest BCUT2D eigenvalue weighted by Crippen LogP contribution is 2.26. The molecule has 1 heterocycles. The van der Waals surface area contributed by atoms with Crippen LogP contribution in [0.5, 0.6) is 0 Å². The molecule has 3 amide bonds. The van der Waals surface area contributed by atoms with Gasteiger partial charge in [0.2, 0.25) is 5.91 Å². The van der Waals surface area contributed by atoms with Crippen LogP contribution in [0.1, 0.15) is 27.3 Å². The van der Waals surface area contributed by atoms with Crippen molar-refractivity contribution in [2.75, 3.05) is 23.4 Å². The Bertz CT molecular complexity index is 1290. The summed E-state index contributed by atoms with van der Waals surface area (Å²) in [6.45, 7) is 0.111. The molecule has 0 unspecified atom stereocenters. The lowest BCUT2D eigenvalue weighted by atomic mass is 10.2. The maximum atomic E-state index is 12.5. The molecular formula is C22H20ClN3O6S. The first-order chi connectivity index (χ1) is 15.6. The minimum absolute atomic E-state index is 0.0270. The fourth-order valence-electron chi connectivity index (χ4n) is 2.76. The molecule has 0 fully saturated rings. The van der Waals surface area contributed by atoms with E-state index < -0.39 is 21.7 Å². The lowest BCUT2D eigenvalue weighted by Crippen LogP contribution is -2.27. The number of carbonyl (C=O) groups excluding carboxylic acids is 3. The number of sulfone groups is 1. The van der Waals surface area contributed by atoms with E-state index in [4.69, 9.17) is 16.0 Å². The van der Waals surface area contributed by atoms with Crippen molar-refractivity contribution >= 4 is 50.5 Å². The van der Waals surface area contributed by atoms with Crippen LogP contribution in [0.2, 0.25) is 5.02 Å². The van der Waals surface area contributed by atoms with Crippen molar-refractivity contribution in [3.8, 4) is 0 Å². The Labute approximate surface area is 195 Å². The molecule has 0 aliphatic rings. The van der Waals surface area contributed by atoms with Crippen LogP contribution >= 0.6 is 11.6 Å². The number of anilines is 2. The SMILES string of the molecule is CS(=O)(=O)c1cccc(C(=O)Nc2ccc(NC(=O)CCNC(=O)c3ccco3)cc2Cl)c1. The largest absolute Gasteiger partial charge is 0.459 e. The lowest BCUT2D eigenvalue weighted by Gasteiger charge is -2.11. The zero-order valence-corrected chi connectivity index (χ0v) is 19.0. The Morgan fingerprint density at radius 1 is 0.970 bits per heavy atom. The molecule has 3 rings (SSSR count). The number of nitrogens with one attached hydrogen (secondary N) is 3. The van der Waals surface area contributed by atoms with Crippen molar-refractivity contribution in [2.24, 2.45) is 0 Å². The fourth-order valence-corrected chi connectivity index (χ4v) is 3.66. The standard InChI is InChI=1S/C22H20ClN3O6S/c1-33(30,31)16-5-2-4-14(12-16)21(28)26-18-8-7-15(13-17(18)23)25-20(27)9-10-24-22(29)19-6-3-11-32-19/h2-8,11-13H,9-10H2,1H3,(H,24,29)(H,25,27)(H,26,28). The summed E-state index contributed by atoms with van der Waals surface area (Å²) in [5, 5.41) is 8.00. The van der Waals surface area contributed by atoms with E-state index in [1.165, 1.54) is 48.7 Å². The summed E-state index contributed by atoms with van der Waals surface area (Å²) in [5.74, 6) is -1.15. The predicted octanol–water partition coefficient (Wildman–Crippen LogP) is 3.35. The fraction of sp³-hybridized carbons (Fsp3) is 0.136. The normalized spacial score (nSPS) is 11.0. The Morgan fingerprint density at radius 3 is 2.42 bits per heavy atom. The average molecular weight is 490 g/mol. The van der Waals surface area contributed by atoms with Gasteiger partial charge in [0, 0.05) is 30.5 Å². The van der Waals surface area contributed by atoms with Crippen molar-refractivity contribution < 1.29 is 27.2 Å². The number of carbonyl (C=O) groups is 3. The molecule has 172 valence electrons. The molecular weight excluding hydrogens is 470 g/mol. The smallest absolute Gasteiger partial charge is 0.286 e. The molecule has 0 atom stereocenters. The molecule has 2 aromatic carbocycles. The number of benzene rings is 2. The van der Waals surface area contributed by atoms with Crippen molar-refractivity contribution in [3.05, 3.63) is 77.2 Å². The molecule has 0 aliphatic carbocycles. The summed E-state index contributed by atoms with van der Waals surface area (Å²) >= 11 is 6.22. The van der Waals surface area contributed by atoms with Gasteiger partial charge in [-0.2, -0.15) is 0 Å². The second-order valence-electron chi connectivity index (χ2n) is 6.98. The summed E-state index contributed by atoms with van der Waals surface area (Å²) in [5.41, 5.74) is 0.845. The lowest BCUT2D eigenvalue weighted by molar-refractivity contribution is -0.116. The summed E-state index contributed by atoms with van der Waals surface area (Å²) in [6.07, 6.45) is 2.46. The number of rotatable bonds is 8. The van der Waals surface area contributed by atoms with E-state index in [2.05, 4.69) is 16.0 Å². The Balaban J connectivity index is 1.55. The molecule has 3 aromatic rings. The number of halogens is 1. The van der Waals surface area contributed by atoms with E-state index in [9.17, 15) is 22.8 Å². The molecule has 0 bridgehead atoms. The van der Waals surface area contributed by atoms with Gasteiger partial charge in [-0.15, -0.1) is 0 Å². The van der Waals surface area contributed by atoms with E-state index in [1.807, 2.05) is 0 Å². The maximum absolute atomic E-state index is 12.5. The Kier molecular flexibility index (Phi) is 7.52. The Hall–Kier alpha value is -3.63. The van der Waals surface area contributed by atoms with E-state index in [0.717, 1.165) is 6.26 Å². The van der Waals surface area contributed by atoms with Crippen molar-refractivity contribution in [1.29, 1.82) is 0 Å². The molecule has 0 radical (unpaired) electrons. The number of furan rings is 1. The minimum atomic E-state index is -3.45. The predicted molar refractivity (Wildman–Crippen MR) is 123 cm³/mol. The summed E-state index contributed by atoms with van der Waals surface area (Å²) < 4.78 is 28.3. The van der Waals surface area contributed by atoms with E-state index >= 15 is 0 Å². The highest BCUT2D eigenvalue weighted by Gasteiger charge is 2.14. The van der Waals surface area contributed by atoms with E-state index in [0.29, 0.717) is 5.69 Å². The monoisotopic (exact) mass is 489 g/mol. The van der Waals surface area contributed by atoms with Gasteiger partial charge in [-0.25, -0.2) is 8.42 Å². The van der Waals surface area contributed by atoms with E-state index in [1.54, 1.807) is 12.1 Å². The first-order valence-corrected chi connectivity index (χ1v) is 11.9. The number of hydrogen-bond donors (Lipinski definition) is 3. The van der Waals surface area contributed by atoms with Gasteiger partial charge >= 0.3 is 0 Å². The van der Waals surface area contributed by atoms with Gasteiger partial charge in [0.1, 0.15) is 0 Å². The molecule has 11 heteroatoms. The van der Waals surface area contributed by atoms with Gasteiger partial charge < -0.3 is 20.4 Å². The highest BCUT2D eigenvalue weighted by molar-refractivity contribution is 7.90. The van der Waals surface area contributed by atoms with Gasteiger partial charge in [-0.3, -0.25) is 14.4 Å². The zero-order valence-electron chi connectivity index (χ0n) is 17.4. The van der Waals surface area contributed by atoms with Gasteiger partial charge in [-0.1, -0.05) is 17.7 Å². The van der Waals surface area contributed by atoms with Crippen LogP contribution in [0, 0.1) is 0 Å². The van der Waals surface area contributed by atoms with Gasteiger partial charge in [-0.05, 0) is 48.5 Å². The molecule has 0 aliphatic heterocycles. The molecule has 33 heavy (non-hydrogen) atoms. The molecule has 1 aromatic heterocycles. The second kappa shape index (κ2) is 10.3. The minimum Gasteiger partial charge on any atom is -0.459 e. The molecule has 3 N–H and O–H groups in total. The van der Waals surface area contributed by atoms with Crippen molar-refractivity contribution in [1.82, 2.24) is 5.32 Å². The third-order valence-corrected chi connectivity index (χ3v) is 5.83. The van der Waals surface area contributed by atoms with Crippen LogP contribution in [-0.4, -0.2) is 38.9 Å². The second-order valence-corrected chi connectivity index (χ2v) is 9.40. The maximum Gasteiger partial charge on any atom is 0.286 e.